The third-order valence-corrected chi connectivity index (χ3v) is 1.86. The Morgan fingerprint density at radius 3 is 2.90 bits per heavy atom. The second kappa shape index (κ2) is 3.52. The van der Waals surface area contributed by atoms with Gasteiger partial charge in [-0.3, -0.25) is 0 Å². The van der Waals surface area contributed by atoms with Gasteiger partial charge in [0.2, 0.25) is 0 Å². The molecule has 53 valence electrons. The lowest BCUT2D eigenvalue weighted by Crippen LogP contribution is -1.81. The highest BCUT2D eigenvalue weighted by atomic mass is 32.2. The molecule has 0 saturated carbocycles. The summed E-state index contributed by atoms with van der Waals surface area (Å²) in [6.45, 7) is 0. The lowest BCUT2D eigenvalue weighted by atomic mass is 10.3. The van der Waals surface area contributed by atoms with Gasteiger partial charge in [0, 0.05) is 11.0 Å². The van der Waals surface area contributed by atoms with Gasteiger partial charge in [-0.25, -0.2) is 0 Å². The second-order valence-corrected chi connectivity index (χ2v) is 2.64. The van der Waals surface area contributed by atoms with Gasteiger partial charge in [-0.15, -0.1) is 11.8 Å². The van der Waals surface area contributed by atoms with Crippen molar-refractivity contribution in [2.75, 3.05) is 13.4 Å². The van der Waals surface area contributed by atoms with Crippen LogP contribution in [0.4, 0.5) is 0 Å². The van der Waals surface area contributed by atoms with E-state index in [1.54, 1.807) is 18.9 Å². The van der Waals surface area contributed by atoms with E-state index in [1.165, 1.54) is 0 Å². The van der Waals surface area contributed by atoms with E-state index in [4.69, 9.17) is 4.74 Å². The van der Waals surface area contributed by atoms with Gasteiger partial charge in [-0.2, -0.15) is 0 Å². The Labute approximate surface area is 65.4 Å². The lowest BCUT2D eigenvalue weighted by molar-refractivity contribution is 0.412. The summed E-state index contributed by atoms with van der Waals surface area (Å²) in [6.07, 6.45) is 2.02. The topological polar surface area (TPSA) is 9.23 Å². The number of rotatable bonds is 2. The quantitative estimate of drug-likeness (QED) is 0.602. The van der Waals surface area contributed by atoms with Crippen molar-refractivity contribution in [3.8, 4) is 5.75 Å². The van der Waals surface area contributed by atoms with Crippen LogP contribution >= 0.6 is 11.8 Å². The van der Waals surface area contributed by atoms with Crippen molar-refractivity contribution >= 4 is 11.8 Å². The summed E-state index contributed by atoms with van der Waals surface area (Å²) in [4.78, 5) is 1.11. The molecule has 1 rings (SSSR count). The lowest BCUT2D eigenvalue weighted by Gasteiger charge is -1.98. The summed E-state index contributed by atoms with van der Waals surface area (Å²) in [6, 6.07) is 8.94. The monoisotopic (exact) mass is 153 g/mol. The molecule has 0 aromatic heterocycles. The van der Waals surface area contributed by atoms with E-state index in [0.717, 1.165) is 10.6 Å². The highest BCUT2D eigenvalue weighted by molar-refractivity contribution is 7.98. The molecule has 0 saturated heterocycles. The Bertz CT molecular complexity index is 191. The Morgan fingerprint density at radius 1 is 1.50 bits per heavy atom. The maximum Gasteiger partial charge on any atom is 0.127 e. The summed E-state index contributed by atoms with van der Waals surface area (Å²) in [5, 5.41) is 0. The number of thioether (sulfide) groups is 1. The molecule has 0 spiro atoms. The minimum Gasteiger partial charge on any atom is -0.496 e. The standard InChI is InChI=1S/C8H9OS/c1-9-7-4-3-5-8(6-7)10-2/h3-5H,1-2H3. The van der Waals surface area contributed by atoms with Crippen LogP contribution in [0.1, 0.15) is 0 Å². The Hall–Kier alpha value is -0.630. The molecule has 1 aromatic rings. The summed E-state index contributed by atoms with van der Waals surface area (Å²) in [7, 11) is 1.65. The van der Waals surface area contributed by atoms with Crippen molar-refractivity contribution in [2.45, 2.75) is 4.90 Å². The second-order valence-electron chi connectivity index (χ2n) is 1.79. The minimum atomic E-state index is 0.798. The van der Waals surface area contributed by atoms with Crippen molar-refractivity contribution < 1.29 is 4.74 Å². The summed E-state index contributed by atoms with van der Waals surface area (Å²) < 4.78 is 4.99. The minimum absolute atomic E-state index is 0.798. The van der Waals surface area contributed by atoms with Gasteiger partial charge in [-0.1, -0.05) is 6.07 Å². The summed E-state index contributed by atoms with van der Waals surface area (Å²) in [5.41, 5.74) is 0. The van der Waals surface area contributed by atoms with Crippen molar-refractivity contribution in [3.05, 3.63) is 24.3 Å². The van der Waals surface area contributed by atoms with Crippen molar-refractivity contribution in [3.63, 3.8) is 0 Å². The van der Waals surface area contributed by atoms with Gasteiger partial charge in [-0.05, 0) is 18.4 Å². The van der Waals surface area contributed by atoms with E-state index >= 15 is 0 Å². The number of ether oxygens (including phenoxy) is 1. The molecular weight excluding hydrogens is 144 g/mol. The molecule has 0 N–H and O–H groups in total. The van der Waals surface area contributed by atoms with Gasteiger partial charge in [0.05, 0.1) is 7.11 Å². The van der Waals surface area contributed by atoms with E-state index < -0.39 is 0 Å². The number of hydrogen-bond donors (Lipinski definition) is 0. The average molecular weight is 153 g/mol. The first-order valence-corrected chi connectivity index (χ1v) is 4.19. The van der Waals surface area contributed by atoms with Crippen LogP contribution in [-0.2, 0) is 0 Å². The van der Waals surface area contributed by atoms with Crippen molar-refractivity contribution in [2.24, 2.45) is 0 Å². The molecular formula is C8H9OS. The molecule has 0 bridgehead atoms. The van der Waals surface area contributed by atoms with Crippen LogP contribution in [0.2, 0.25) is 0 Å². The first-order valence-electron chi connectivity index (χ1n) is 2.97. The largest absolute Gasteiger partial charge is 0.496 e. The van der Waals surface area contributed by atoms with Crippen molar-refractivity contribution in [1.82, 2.24) is 0 Å². The fraction of sp³-hybridized carbons (Fsp3) is 0.250. The van der Waals surface area contributed by atoms with Crippen LogP contribution in [0.3, 0.4) is 0 Å². The SMILES string of the molecule is COc1[c]c(SC)ccc1. The van der Waals surface area contributed by atoms with Crippen LogP contribution in [0, 0.1) is 6.07 Å². The van der Waals surface area contributed by atoms with Gasteiger partial charge >= 0.3 is 0 Å². The Morgan fingerprint density at radius 2 is 2.30 bits per heavy atom. The zero-order valence-electron chi connectivity index (χ0n) is 6.05. The molecule has 0 atom stereocenters. The first-order chi connectivity index (χ1) is 4.86. The zero-order valence-corrected chi connectivity index (χ0v) is 6.87. The fourth-order valence-electron chi connectivity index (χ4n) is 0.666. The first kappa shape index (κ1) is 7.48. The van der Waals surface area contributed by atoms with Gasteiger partial charge in [0.15, 0.2) is 0 Å². The molecule has 1 nitrogen and oxygen atoms in total. The Balaban J connectivity index is 2.87. The molecule has 1 aromatic carbocycles. The molecule has 0 amide bonds. The average Bonchev–Trinajstić information content (AvgIpc) is 2.05. The van der Waals surface area contributed by atoms with E-state index in [9.17, 15) is 0 Å². The van der Waals surface area contributed by atoms with Crippen LogP contribution in [0.25, 0.3) is 0 Å². The van der Waals surface area contributed by atoms with Crippen LogP contribution < -0.4 is 4.74 Å². The van der Waals surface area contributed by atoms with E-state index in [-0.39, 0.29) is 0 Å². The normalized spacial score (nSPS) is 9.40. The smallest absolute Gasteiger partial charge is 0.127 e. The highest BCUT2D eigenvalue weighted by Gasteiger charge is 1.92. The molecule has 0 unspecified atom stereocenters. The van der Waals surface area contributed by atoms with E-state index in [2.05, 4.69) is 6.07 Å². The summed E-state index contributed by atoms with van der Waals surface area (Å²) >= 11 is 1.66. The molecule has 0 aliphatic heterocycles. The van der Waals surface area contributed by atoms with Gasteiger partial charge < -0.3 is 4.74 Å². The number of benzene rings is 1. The predicted molar refractivity (Wildman–Crippen MR) is 43.6 cm³/mol. The Kier molecular flexibility index (Phi) is 2.63. The predicted octanol–water partition coefficient (Wildman–Crippen LogP) is 2.22. The third-order valence-electron chi connectivity index (χ3n) is 1.18. The molecule has 2 heteroatoms. The zero-order chi connectivity index (χ0) is 7.40. The maximum absolute atomic E-state index is 4.99. The molecule has 0 heterocycles. The number of methoxy groups -OCH3 is 1. The van der Waals surface area contributed by atoms with E-state index in [1.807, 2.05) is 24.5 Å². The van der Waals surface area contributed by atoms with Crippen molar-refractivity contribution in [1.29, 1.82) is 0 Å². The molecule has 1 radical (unpaired) electrons. The highest BCUT2D eigenvalue weighted by Crippen LogP contribution is 2.18. The summed E-state index contributed by atoms with van der Waals surface area (Å²) in [5.74, 6) is 0.798. The molecule has 0 fully saturated rings. The van der Waals surface area contributed by atoms with Crippen LogP contribution in [0.5, 0.6) is 5.75 Å². The maximum atomic E-state index is 4.99. The van der Waals surface area contributed by atoms with Crippen LogP contribution in [0.15, 0.2) is 23.1 Å². The van der Waals surface area contributed by atoms with Gasteiger partial charge in [0.25, 0.3) is 0 Å². The molecule has 0 aliphatic rings. The van der Waals surface area contributed by atoms with Crippen LogP contribution in [-0.4, -0.2) is 13.4 Å². The number of hydrogen-bond acceptors (Lipinski definition) is 2. The molecule has 10 heavy (non-hydrogen) atoms. The fourth-order valence-corrected chi connectivity index (χ4v) is 1.08. The van der Waals surface area contributed by atoms with E-state index in [0.29, 0.717) is 0 Å². The third kappa shape index (κ3) is 1.67. The van der Waals surface area contributed by atoms with Gasteiger partial charge in [0.1, 0.15) is 5.75 Å². The molecule has 0 aliphatic carbocycles.